The summed E-state index contributed by atoms with van der Waals surface area (Å²) in [5.74, 6) is 5.59. The molecular weight excluding hydrogens is 973 g/mol. The van der Waals surface area contributed by atoms with E-state index in [1.54, 1.807) is 37.2 Å². The van der Waals surface area contributed by atoms with E-state index in [1.807, 2.05) is 181 Å². The maximum absolute atomic E-state index is 4.26. The fourth-order valence-corrected chi connectivity index (χ4v) is 6.55. The van der Waals surface area contributed by atoms with Crippen molar-refractivity contribution < 1.29 is 0 Å². The second-order valence-corrected chi connectivity index (χ2v) is 16.4. The van der Waals surface area contributed by atoms with E-state index >= 15 is 0 Å². The van der Waals surface area contributed by atoms with Crippen LogP contribution in [0.3, 0.4) is 0 Å². The quantitative estimate of drug-likeness (QED) is 0.151. The van der Waals surface area contributed by atoms with E-state index in [2.05, 4.69) is 108 Å². The van der Waals surface area contributed by atoms with Crippen molar-refractivity contribution in [3.63, 3.8) is 0 Å². The summed E-state index contributed by atoms with van der Waals surface area (Å²) in [7, 11) is 0. The van der Waals surface area contributed by atoms with Crippen LogP contribution in [0.5, 0.6) is 0 Å². The largest absolute Gasteiger partial charge is 0.265 e. The molecule has 0 saturated heterocycles. The monoisotopic (exact) mass is 1030 g/mol. The van der Waals surface area contributed by atoms with Crippen molar-refractivity contribution in [2.45, 2.75) is 41.5 Å². The summed E-state index contributed by atoms with van der Waals surface area (Å²) in [4.78, 5) is 73.4. The minimum atomic E-state index is 0.619. The van der Waals surface area contributed by atoms with Gasteiger partial charge in [0, 0.05) is 88.8 Å². The van der Waals surface area contributed by atoms with Crippen molar-refractivity contribution in [2.75, 3.05) is 0 Å². The number of hydrogen-bond donors (Lipinski definition) is 0. The maximum atomic E-state index is 4.26. The molecule has 0 spiro atoms. The van der Waals surface area contributed by atoms with Crippen LogP contribution >= 0.6 is 0 Å². The molecule has 12 aromatic rings. The first-order valence-electron chi connectivity index (χ1n) is 24.4. The van der Waals surface area contributed by atoms with E-state index in [1.165, 1.54) is 36.4 Å². The molecule has 0 amide bonds. The van der Waals surface area contributed by atoms with Gasteiger partial charge in [-0.2, -0.15) is 0 Å². The minimum absolute atomic E-state index is 0.619. The molecular formula is C60H54N18. The summed E-state index contributed by atoms with van der Waals surface area (Å²) < 4.78 is 0. The fourth-order valence-electron chi connectivity index (χ4n) is 6.55. The molecule has 0 aliphatic rings. The molecule has 0 bridgehead atoms. The van der Waals surface area contributed by atoms with Crippen LogP contribution in [0.25, 0.3) is 68.1 Å². The minimum Gasteiger partial charge on any atom is -0.265 e. The Labute approximate surface area is 452 Å². The molecule has 0 fully saturated rings. The number of pyridine rings is 6. The SMILES string of the molecule is Cc1ccc(-c2ccccc2)cn1.Cc1ccc(-c2ccccn2)cn1.Cc1ncnc(-c2ccccc2)n1.Cc1ncnc(-c2ccccn2)n1.Cc1ncnc(-c2cccnc2)n1.Cc1ncnc(-c2ccncc2)n1. The van der Waals surface area contributed by atoms with Crippen molar-refractivity contribution in [1.82, 2.24) is 89.7 Å². The lowest BCUT2D eigenvalue weighted by molar-refractivity contribution is 0.974. The van der Waals surface area contributed by atoms with Crippen LogP contribution in [-0.4, -0.2) is 89.7 Å². The topological polar surface area (TPSA) is 232 Å². The van der Waals surface area contributed by atoms with Gasteiger partial charge < -0.3 is 0 Å². The molecule has 0 aliphatic heterocycles. The molecule has 0 radical (unpaired) electrons. The highest BCUT2D eigenvalue weighted by Crippen LogP contribution is 2.18. The third kappa shape index (κ3) is 18.4. The van der Waals surface area contributed by atoms with Gasteiger partial charge in [-0.25, -0.2) is 59.8 Å². The fraction of sp³-hybridized carbons (Fsp3) is 0.100. The van der Waals surface area contributed by atoms with E-state index in [4.69, 9.17) is 0 Å². The molecule has 10 aromatic heterocycles. The second kappa shape index (κ2) is 29.9. The van der Waals surface area contributed by atoms with Crippen molar-refractivity contribution in [1.29, 1.82) is 0 Å². The van der Waals surface area contributed by atoms with Crippen molar-refractivity contribution in [3.05, 3.63) is 255 Å². The van der Waals surface area contributed by atoms with E-state index in [-0.39, 0.29) is 0 Å². The molecule has 78 heavy (non-hydrogen) atoms. The van der Waals surface area contributed by atoms with Crippen LogP contribution in [0.1, 0.15) is 34.7 Å². The highest BCUT2D eigenvalue weighted by atomic mass is 15.0. The summed E-state index contributed by atoms with van der Waals surface area (Å²) in [6.45, 7) is 11.3. The molecule has 0 N–H and O–H groups in total. The third-order valence-corrected chi connectivity index (χ3v) is 10.4. The van der Waals surface area contributed by atoms with Crippen molar-refractivity contribution in [3.8, 4) is 68.1 Å². The Morgan fingerprint density at radius 2 is 0.654 bits per heavy atom. The lowest BCUT2D eigenvalue weighted by Crippen LogP contribution is -1.95. The van der Waals surface area contributed by atoms with Gasteiger partial charge in [-0.05, 0) is 114 Å². The third-order valence-electron chi connectivity index (χ3n) is 10.4. The van der Waals surface area contributed by atoms with Gasteiger partial charge in [-0.3, -0.25) is 29.9 Å². The first-order valence-corrected chi connectivity index (χ1v) is 24.4. The first kappa shape index (κ1) is 55.1. The van der Waals surface area contributed by atoms with E-state index in [0.717, 1.165) is 62.5 Å². The average molecular weight is 1030 g/mol. The van der Waals surface area contributed by atoms with Crippen molar-refractivity contribution >= 4 is 0 Å². The van der Waals surface area contributed by atoms with Gasteiger partial charge in [0.25, 0.3) is 0 Å². The van der Waals surface area contributed by atoms with Crippen LogP contribution in [0.4, 0.5) is 0 Å². The lowest BCUT2D eigenvalue weighted by atomic mass is 10.1. The summed E-state index contributed by atoms with van der Waals surface area (Å²) >= 11 is 0. The highest BCUT2D eigenvalue weighted by molar-refractivity contribution is 5.62. The number of aryl methyl sites for hydroxylation is 6. The van der Waals surface area contributed by atoms with Crippen LogP contribution in [-0.2, 0) is 0 Å². The number of nitrogens with zero attached hydrogens (tertiary/aromatic N) is 18. The molecule has 12 rings (SSSR count). The number of benzene rings is 2. The molecule has 0 atom stereocenters. The van der Waals surface area contributed by atoms with Crippen LogP contribution in [0.2, 0.25) is 0 Å². The second-order valence-electron chi connectivity index (χ2n) is 16.4. The molecule has 0 unspecified atom stereocenters. The van der Waals surface area contributed by atoms with E-state index < -0.39 is 0 Å². The van der Waals surface area contributed by atoms with Crippen LogP contribution in [0, 0.1) is 41.5 Å². The first-order chi connectivity index (χ1) is 38.2. The summed E-state index contributed by atoms with van der Waals surface area (Å²) in [6.07, 6.45) is 20.2. The zero-order valence-corrected chi connectivity index (χ0v) is 43.8. The van der Waals surface area contributed by atoms with Gasteiger partial charge >= 0.3 is 0 Å². The Hall–Kier alpha value is -10.6. The van der Waals surface area contributed by atoms with Crippen LogP contribution in [0.15, 0.2) is 220 Å². The van der Waals surface area contributed by atoms with Crippen molar-refractivity contribution in [2.24, 2.45) is 0 Å². The van der Waals surface area contributed by atoms with Gasteiger partial charge in [0.15, 0.2) is 23.3 Å². The normalized spacial score (nSPS) is 9.92. The number of aromatic nitrogens is 18. The molecule has 0 saturated carbocycles. The molecule has 18 heteroatoms. The highest BCUT2D eigenvalue weighted by Gasteiger charge is 2.04. The standard InChI is InChI=1S/C12H11N.C11H10N2.C10H9N3.3C9H8N4/c1-10-7-8-12(9-13-10)11-5-3-2-4-6-11;1-9-5-6-10(8-13-9)11-4-2-3-7-12-11;1-8-11-7-12-10(13-8)9-5-3-2-4-6-9;1-7-11-6-12-9(13-7)8-2-4-10-5-3-8;1-7-11-6-12-9(13-7)8-3-2-4-10-5-8;1-7-11-6-12-9(13-7)8-4-2-3-5-10-8/h2-9H,1H3;2-8H,1H3;2-7H,1H3;3*2-6H,1H3. The maximum Gasteiger partial charge on any atom is 0.181 e. The van der Waals surface area contributed by atoms with E-state index in [9.17, 15) is 0 Å². The number of rotatable bonds is 6. The summed E-state index contributed by atoms with van der Waals surface area (Å²) in [6, 6.07) is 47.3. The van der Waals surface area contributed by atoms with Gasteiger partial charge in [0.05, 0.1) is 5.69 Å². The molecule has 10 heterocycles. The summed E-state index contributed by atoms with van der Waals surface area (Å²) in [5.41, 5.74) is 10.2. The van der Waals surface area contributed by atoms with Gasteiger partial charge in [-0.15, -0.1) is 0 Å². The zero-order chi connectivity index (χ0) is 54.6. The zero-order valence-electron chi connectivity index (χ0n) is 43.8. The summed E-state index contributed by atoms with van der Waals surface area (Å²) in [5, 5.41) is 0. The predicted octanol–water partition coefficient (Wildman–Crippen LogP) is 11.1. The Bertz CT molecular complexity index is 3200. The Kier molecular flexibility index (Phi) is 21.2. The van der Waals surface area contributed by atoms with Crippen LogP contribution < -0.4 is 0 Å². The number of hydrogen-bond acceptors (Lipinski definition) is 18. The van der Waals surface area contributed by atoms with Gasteiger partial charge in [0.1, 0.15) is 54.3 Å². The smallest absolute Gasteiger partial charge is 0.181 e. The van der Waals surface area contributed by atoms with Gasteiger partial charge in [-0.1, -0.05) is 78.9 Å². The molecule has 384 valence electrons. The predicted molar refractivity (Wildman–Crippen MR) is 300 cm³/mol. The Balaban J connectivity index is 0.000000136. The Morgan fingerprint density at radius 3 is 1.10 bits per heavy atom. The molecule has 18 nitrogen and oxygen atoms in total. The molecule has 2 aromatic carbocycles. The lowest BCUT2D eigenvalue weighted by Gasteiger charge is -2.00. The average Bonchev–Trinajstić information content (AvgIpc) is 3.50. The molecule has 0 aliphatic carbocycles. The Morgan fingerprint density at radius 1 is 0.231 bits per heavy atom. The van der Waals surface area contributed by atoms with Gasteiger partial charge in [0.2, 0.25) is 0 Å². The van der Waals surface area contributed by atoms with E-state index in [0.29, 0.717) is 29.1 Å².